The van der Waals surface area contributed by atoms with Crippen LogP contribution in [0.5, 0.6) is 0 Å². The minimum absolute atomic E-state index is 0.0259. The molecule has 0 aliphatic heterocycles. The summed E-state index contributed by atoms with van der Waals surface area (Å²) in [5.74, 6) is -0.556. The molecule has 0 radical (unpaired) electrons. The maximum Gasteiger partial charge on any atom is 0.433 e. The van der Waals surface area contributed by atoms with Crippen molar-refractivity contribution in [3.63, 3.8) is 0 Å². The number of nitrogens with one attached hydrogen (secondary N) is 1. The second-order valence-electron chi connectivity index (χ2n) is 7.66. The van der Waals surface area contributed by atoms with Crippen LogP contribution in [0.4, 0.5) is 13.2 Å². The molecule has 4 aromatic rings. The van der Waals surface area contributed by atoms with E-state index in [4.69, 9.17) is 0 Å². The molecule has 11 heteroatoms. The molecule has 0 spiro atoms. The summed E-state index contributed by atoms with van der Waals surface area (Å²) in [5, 5.41) is 11.0. The molecule has 0 aliphatic rings. The lowest BCUT2D eigenvalue weighted by Gasteiger charge is -2.13. The number of carbonyl (C=O) groups excluding carboxylic acids is 1. The molecule has 0 saturated heterocycles. The zero-order valence-electron chi connectivity index (χ0n) is 18.6. The van der Waals surface area contributed by atoms with Gasteiger partial charge in [0, 0.05) is 23.2 Å². The summed E-state index contributed by atoms with van der Waals surface area (Å²) in [5.41, 5.74) is 0.605. The van der Waals surface area contributed by atoms with E-state index in [1.165, 1.54) is 11.3 Å². The van der Waals surface area contributed by atoms with Crippen LogP contribution in [0.25, 0.3) is 16.2 Å². The van der Waals surface area contributed by atoms with Crippen LogP contribution in [0.1, 0.15) is 59.0 Å². The van der Waals surface area contributed by atoms with Gasteiger partial charge in [0.05, 0.1) is 28.5 Å². The molecule has 4 rings (SSSR count). The normalized spacial score (nSPS) is 12.9. The van der Waals surface area contributed by atoms with Crippen LogP contribution in [-0.2, 0) is 19.1 Å². The van der Waals surface area contributed by atoms with Gasteiger partial charge in [0.2, 0.25) is 0 Å². The van der Waals surface area contributed by atoms with Gasteiger partial charge in [-0.1, -0.05) is 6.92 Å². The zero-order chi connectivity index (χ0) is 23.9. The van der Waals surface area contributed by atoms with E-state index in [9.17, 15) is 18.0 Å². The number of hydrogen-bond acceptors (Lipinski definition) is 5. The molecular weight excluding hydrogens is 453 g/mol. The number of rotatable bonds is 6. The monoisotopic (exact) mass is 476 g/mol. The molecule has 0 unspecified atom stereocenters. The van der Waals surface area contributed by atoms with Crippen LogP contribution < -0.4 is 5.32 Å². The number of nitrogens with zero attached hydrogens (tertiary/aromatic N) is 5. The second kappa shape index (κ2) is 8.62. The highest BCUT2D eigenvalue weighted by Gasteiger charge is 2.36. The van der Waals surface area contributed by atoms with E-state index in [1.54, 1.807) is 17.7 Å². The van der Waals surface area contributed by atoms with Gasteiger partial charge in [0.1, 0.15) is 5.56 Å². The van der Waals surface area contributed by atoms with Crippen LogP contribution in [-0.4, -0.2) is 30.3 Å². The predicted octanol–water partition coefficient (Wildman–Crippen LogP) is 5.05. The fourth-order valence-electron chi connectivity index (χ4n) is 3.63. The van der Waals surface area contributed by atoms with E-state index in [0.717, 1.165) is 34.8 Å². The van der Waals surface area contributed by atoms with E-state index in [1.807, 2.05) is 33.0 Å². The van der Waals surface area contributed by atoms with E-state index in [2.05, 4.69) is 20.5 Å². The van der Waals surface area contributed by atoms with Gasteiger partial charge in [-0.2, -0.15) is 23.4 Å². The smallest absolute Gasteiger partial charge is 0.345 e. The van der Waals surface area contributed by atoms with Crippen molar-refractivity contribution in [2.24, 2.45) is 0 Å². The molecule has 0 aliphatic carbocycles. The standard InChI is InChI=1S/C22H23F3N6OS/c1-5-14-7-8-18(33-14)17-9-19(22(23,24)25)31-20(28-17)15(10-26-31)21(32)27-12(3)16-11-30(6-2)29-13(16)4/h7-12H,5-6H2,1-4H3,(H,27,32)/t12-/m1/s1. The lowest BCUT2D eigenvalue weighted by Crippen LogP contribution is -2.27. The Labute approximate surface area is 192 Å². The third-order valence-electron chi connectivity index (χ3n) is 5.39. The van der Waals surface area contributed by atoms with Crippen LogP contribution >= 0.6 is 11.3 Å². The Hall–Kier alpha value is -3.21. The number of amides is 1. The van der Waals surface area contributed by atoms with Crippen molar-refractivity contribution < 1.29 is 18.0 Å². The number of alkyl halides is 3. The molecule has 1 atom stereocenters. The molecule has 0 fully saturated rings. The molecule has 0 saturated carbocycles. The maximum absolute atomic E-state index is 13.8. The Kier molecular flexibility index (Phi) is 6.00. The largest absolute Gasteiger partial charge is 0.433 e. The molecular formula is C22H23F3N6OS. The van der Waals surface area contributed by atoms with Crippen LogP contribution in [0.2, 0.25) is 0 Å². The molecule has 1 N–H and O–H groups in total. The molecule has 7 nitrogen and oxygen atoms in total. The summed E-state index contributed by atoms with van der Waals surface area (Å²) in [7, 11) is 0. The van der Waals surface area contributed by atoms with Crippen molar-refractivity contribution in [1.82, 2.24) is 29.7 Å². The topological polar surface area (TPSA) is 77.1 Å². The summed E-state index contributed by atoms with van der Waals surface area (Å²) >= 11 is 1.38. The van der Waals surface area contributed by atoms with Crippen molar-refractivity contribution in [3.05, 3.63) is 58.0 Å². The van der Waals surface area contributed by atoms with Crippen molar-refractivity contribution in [2.45, 2.75) is 52.9 Å². The van der Waals surface area contributed by atoms with Crippen molar-refractivity contribution in [3.8, 4) is 10.6 Å². The highest BCUT2D eigenvalue weighted by molar-refractivity contribution is 7.15. The first-order valence-corrected chi connectivity index (χ1v) is 11.3. The number of thiophene rings is 1. The fourth-order valence-corrected chi connectivity index (χ4v) is 4.54. The van der Waals surface area contributed by atoms with E-state index in [0.29, 0.717) is 15.9 Å². The van der Waals surface area contributed by atoms with Crippen LogP contribution in [0, 0.1) is 6.92 Å². The number of fused-ring (bicyclic) bond motifs is 1. The average molecular weight is 477 g/mol. The summed E-state index contributed by atoms with van der Waals surface area (Å²) in [4.78, 5) is 19.1. The Balaban J connectivity index is 1.75. The van der Waals surface area contributed by atoms with E-state index >= 15 is 0 Å². The Morgan fingerprint density at radius 2 is 2.03 bits per heavy atom. The van der Waals surface area contributed by atoms with E-state index in [-0.39, 0.29) is 16.9 Å². The first-order valence-electron chi connectivity index (χ1n) is 10.5. The number of halogens is 3. The third-order valence-corrected chi connectivity index (χ3v) is 6.64. The summed E-state index contributed by atoms with van der Waals surface area (Å²) in [6.45, 7) is 8.25. The molecule has 0 aromatic carbocycles. The number of aromatic nitrogens is 5. The van der Waals surface area contributed by atoms with Crippen molar-refractivity contribution in [1.29, 1.82) is 0 Å². The zero-order valence-corrected chi connectivity index (χ0v) is 19.4. The lowest BCUT2D eigenvalue weighted by atomic mass is 10.1. The van der Waals surface area contributed by atoms with Gasteiger partial charge in [-0.25, -0.2) is 9.50 Å². The van der Waals surface area contributed by atoms with Crippen LogP contribution in [0.15, 0.2) is 30.6 Å². The molecule has 0 bridgehead atoms. The maximum atomic E-state index is 13.8. The van der Waals surface area contributed by atoms with Gasteiger partial charge in [0.15, 0.2) is 11.3 Å². The van der Waals surface area contributed by atoms with E-state index < -0.39 is 23.8 Å². The highest BCUT2D eigenvalue weighted by Crippen LogP contribution is 2.35. The first kappa shape index (κ1) is 23.0. The minimum atomic E-state index is -4.67. The number of hydrogen-bond donors (Lipinski definition) is 1. The minimum Gasteiger partial charge on any atom is -0.345 e. The van der Waals surface area contributed by atoms with Crippen molar-refractivity contribution >= 4 is 22.9 Å². The molecule has 4 heterocycles. The molecule has 4 aromatic heterocycles. The summed E-state index contributed by atoms with van der Waals surface area (Å²) < 4.78 is 43.9. The summed E-state index contributed by atoms with van der Waals surface area (Å²) in [6, 6.07) is 4.18. The van der Waals surface area contributed by atoms with Gasteiger partial charge in [-0.15, -0.1) is 11.3 Å². The summed E-state index contributed by atoms with van der Waals surface area (Å²) in [6.07, 6.45) is -0.931. The van der Waals surface area contributed by atoms with Crippen molar-refractivity contribution in [2.75, 3.05) is 0 Å². The van der Waals surface area contributed by atoms with Gasteiger partial charge in [-0.3, -0.25) is 9.48 Å². The van der Waals surface area contributed by atoms with Gasteiger partial charge >= 0.3 is 6.18 Å². The Morgan fingerprint density at radius 1 is 1.27 bits per heavy atom. The number of aryl methyl sites for hydroxylation is 3. The number of carbonyl (C=O) groups is 1. The fraction of sp³-hybridized carbons (Fsp3) is 0.364. The average Bonchev–Trinajstić information content (AvgIpc) is 3.49. The lowest BCUT2D eigenvalue weighted by molar-refractivity contribution is -0.142. The second-order valence-corrected chi connectivity index (χ2v) is 8.83. The molecule has 33 heavy (non-hydrogen) atoms. The predicted molar refractivity (Wildman–Crippen MR) is 119 cm³/mol. The molecule has 1 amide bonds. The Morgan fingerprint density at radius 3 is 2.64 bits per heavy atom. The first-order chi connectivity index (χ1) is 15.6. The highest BCUT2D eigenvalue weighted by atomic mass is 32.1. The van der Waals surface area contributed by atoms with Gasteiger partial charge < -0.3 is 5.32 Å². The third kappa shape index (κ3) is 4.37. The SMILES string of the molecule is CCc1ccc(-c2cc(C(F)(F)F)n3ncc(C(=O)N[C@H](C)c4cn(CC)nc4C)c3n2)s1. The van der Waals surface area contributed by atoms with Gasteiger partial charge in [0.25, 0.3) is 5.91 Å². The quantitative estimate of drug-likeness (QED) is 0.422. The molecule has 174 valence electrons. The Bertz CT molecular complexity index is 1320. The van der Waals surface area contributed by atoms with Gasteiger partial charge in [-0.05, 0) is 45.4 Å². The van der Waals surface area contributed by atoms with Crippen LogP contribution in [0.3, 0.4) is 0 Å².